The second-order valence-electron chi connectivity index (χ2n) is 10.3. The molecule has 3 aromatic carbocycles. The third kappa shape index (κ3) is 5.33. The molecule has 0 saturated carbocycles. The molecule has 0 spiro atoms. The molecule has 0 aliphatic carbocycles. The number of fused-ring (bicyclic) bond motifs is 2. The minimum atomic E-state index is -0.767. The third-order valence-corrected chi connectivity index (χ3v) is 8.81. The van der Waals surface area contributed by atoms with Gasteiger partial charge in [-0.05, 0) is 61.4 Å². The minimum absolute atomic E-state index is 0.192. The lowest BCUT2D eigenvalue weighted by Crippen LogP contribution is -2.39. The van der Waals surface area contributed by atoms with Crippen LogP contribution in [0.3, 0.4) is 0 Å². The van der Waals surface area contributed by atoms with Crippen molar-refractivity contribution >= 4 is 45.9 Å². The molecule has 0 fully saturated rings. The van der Waals surface area contributed by atoms with Gasteiger partial charge in [0.25, 0.3) is 5.56 Å². The Labute approximate surface area is 262 Å². The highest BCUT2D eigenvalue weighted by atomic mass is 35.5. The van der Waals surface area contributed by atoms with E-state index in [1.807, 2.05) is 60.8 Å². The van der Waals surface area contributed by atoms with Crippen molar-refractivity contribution in [1.82, 2.24) is 9.13 Å². The third-order valence-electron chi connectivity index (χ3n) is 7.59. The molecular weight excluding hydrogens is 598 g/mol. The van der Waals surface area contributed by atoms with Gasteiger partial charge >= 0.3 is 5.97 Å². The number of halogens is 1. The molecule has 10 heteroatoms. The zero-order valence-corrected chi connectivity index (χ0v) is 26.2. The highest BCUT2D eigenvalue weighted by Crippen LogP contribution is 2.36. The Morgan fingerprint density at radius 1 is 1.05 bits per heavy atom. The molecule has 8 nitrogen and oxygen atoms in total. The molecule has 0 unspecified atom stereocenters. The standard InChI is InChI=1S/C34H30ClN3O5S/c1-5-43-33(40)30-20(2)36-34-38(31(30)22-13-14-27(41-3)28(16-22)42-4)32(39)29(44-34)17-23-19-37(26-12-7-6-11-25(23)26)18-21-9-8-10-24(35)15-21/h6-17,19,31H,5,18H2,1-4H3/b29-17-/t31-/m0/s1. The van der Waals surface area contributed by atoms with Crippen LogP contribution in [-0.2, 0) is 16.1 Å². The van der Waals surface area contributed by atoms with E-state index in [4.69, 9.17) is 30.8 Å². The van der Waals surface area contributed by atoms with Crippen molar-refractivity contribution in [2.45, 2.75) is 26.4 Å². The van der Waals surface area contributed by atoms with Crippen molar-refractivity contribution in [3.63, 3.8) is 0 Å². The summed E-state index contributed by atoms with van der Waals surface area (Å²) in [7, 11) is 3.10. The Morgan fingerprint density at radius 2 is 1.84 bits per heavy atom. The smallest absolute Gasteiger partial charge is 0.338 e. The van der Waals surface area contributed by atoms with Crippen LogP contribution < -0.4 is 24.4 Å². The van der Waals surface area contributed by atoms with Gasteiger partial charge in [0.05, 0.1) is 42.7 Å². The van der Waals surface area contributed by atoms with Crippen LogP contribution >= 0.6 is 22.9 Å². The molecule has 3 heterocycles. The van der Waals surface area contributed by atoms with E-state index < -0.39 is 12.0 Å². The molecule has 1 atom stereocenters. The molecule has 0 N–H and O–H groups in total. The van der Waals surface area contributed by atoms with Crippen molar-refractivity contribution in [1.29, 1.82) is 0 Å². The number of allylic oxidation sites excluding steroid dienone is 1. The van der Waals surface area contributed by atoms with Crippen LogP contribution in [0.15, 0.2) is 94.0 Å². The summed E-state index contributed by atoms with van der Waals surface area (Å²) in [4.78, 5) is 32.7. The normalized spacial score (nSPS) is 14.8. The quantitative estimate of drug-likeness (QED) is 0.213. The number of aromatic nitrogens is 2. The van der Waals surface area contributed by atoms with Crippen LogP contribution in [0.4, 0.5) is 0 Å². The number of rotatable bonds is 8. The van der Waals surface area contributed by atoms with E-state index in [0.717, 1.165) is 22.0 Å². The van der Waals surface area contributed by atoms with Gasteiger partial charge in [0, 0.05) is 34.2 Å². The molecule has 224 valence electrons. The number of carbonyl (C=O) groups excluding carboxylic acids is 1. The maximum Gasteiger partial charge on any atom is 0.338 e. The van der Waals surface area contributed by atoms with E-state index in [1.54, 1.807) is 44.8 Å². The molecule has 0 bridgehead atoms. The van der Waals surface area contributed by atoms with Gasteiger partial charge in [-0.25, -0.2) is 9.79 Å². The average molecular weight is 628 g/mol. The second-order valence-corrected chi connectivity index (χ2v) is 11.7. The molecule has 0 amide bonds. The summed E-state index contributed by atoms with van der Waals surface area (Å²) >= 11 is 7.54. The number of methoxy groups -OCH3 is 2. The van der Waals surface area contributed by atoms with E-state index >= 15 is 0 Å². The van der Waals surface area contributed by atoms with Crippen molar-refractivity contribution in [2.24, 2.45) is 4.99 Å². The van der Waals surface area contributed by atoms with Crippen molar-refractivity contribution in [3.8, 4) is 11.5 Å². The maximum absolute atomic E-state index is 14.2. The van der Waals surface area contributed by atoms with Gasteiger partial charge in [-0.3, -0.25) is 9.36 Å². The van der Waals surface area contributed by atoms with Gasteiger partial charge in [0.15, 0.2) is 16.3 Å². The summed E-state index contributed by atoms with van der Waals surface area (Å²) < 4.78 is 20.6. The summed E-state index contributed by atoms with van der Waals surface area (Å²) in [5.74, 6) is 0.501. The van der Waals surface area contributed by atoms with Gasteiger partial charge in [-0.15, -0.1) is 0 Å². The lowest BCUT2D eigenvalue weighted by Gasteiger charge is -2.25. The first-order valence-corrected chi connectivity index (χ1v) is 15.3. The van der Waals surface area contributed by atoms with E-state index in [2.05, 4.69) is 10.6 Å². The summed E-state index contributed by atoms with van der Waals surface area (Å²) in [5.41, 5.74) is 4.22. The fraction of sp³-hybridized carbons (Fsp3) is 0.206. The molecule has 0 radical (unpaired) electrons. The SMILES string of the molecule is CCOC(=O)C1=C(C)N=c2s/c(=C\c3cn(Cc4cccc(Cl)c4)c4ccccc34)c(=O)n2[C@H]1c1ccc(OC)c(OC)c1. The molecule has 5 aromatic rings. The number of esters is 1. The Balaban J connectivity index is 1.52. The lowest BCUT2D eigenvalue weighted by atomic mass is 9.95. The second kappa shape index (κ2) is 12.2. The number of hydrogen-bond donors (Lipinski definition) is 0. The number of carbonyl (C=O) groups is 1. The fourth-order valence-corrected chi connectivity index (χ4v) is 6.87. The van der Waals surface area contributed by atoms with Gasteiger partial charge < -0.3 is 18.8 Å². The molecule has 1 aliphatic heterocycles. The Hall–Kier alpha value is -4.60. The van der Waals surface area contributed by atoms with Crippen LogP contribution in [0.2, 0.25) is 5.02 Å². The Morgan fingerprint density at radius 3 is 2.59 bits per heavy atom. The van der Waals surface area contributed by atoms with Crippen LogP contribution in [0.1, 0.15) is 36.6 Å². The van der Waals surface area contributed by atoms with Crippen molar-refractivity contribution in [2.75, 3.05) is 20.8 Å². The Bertz CT molecular complexity index is 2120. The fourth-order valence-electron chi connectivity index (χ4n) is 5.62. The van der Waals surface area contributed by atoms with Crippen LogP contribution in [0, 0.1) is 0 Å². The largest absolute Gasteiger partial charge is 0.493 e. The van der Waals surface area contributed by atoms with E-state index in [1.165, 1.54) is 11.3 Å². The highest BCUT2D eigenvalue weighted by molar-refractivity contribution is 7.07. The van der Waals surface area contributed by atoms with E-state index in [0.29, 0.717) is 49.2 Å². The molecule has 6 rings (SSSR count). The van der Waals surface area contributed by atoms with Gasteiger partial charge in [-0.2, -0.15) is 0 Å². The average Bonchev–Trinajstić information content (AvgIpc) is 3.52. The summed E-state index contributed by atoms with van der Waals surface area (Å²) in [6, 6.07) is 20.5. The summed E-state index contributed by atoms with van der Waals surface area (Å²) in [6.07, 6.45) is 3.95. The summed E-state index contributed by atoms with van der Waals surface area (Å²) in [5, 5.41) is 1.70. The number of para-hydroxylation sites is 1. The maximum atomic E-state index is 14.2. The molecule has 0 saturated heterocycles. The first kappa shape index (κ1) is 29.5. The topological polar surface area (TPSA) is 84.1 Å². The zero-order valence-electron chi connectivity index (χ0n) is 24.7. The molecular formula is C34H30ClN3O5S. The number of nitrogens with zero attached hydrogens (tertiary/aromatic N) is 3. The van der Waals surface area contributed by atoms with Crippen LogP contribution in [0.25, 0.3) is 17.0 Å². The molecule has 44 heavy (non-hydrogen) atoms. The predicted octanol–water partition coefficient (Wildman–Crippen LogP) is 5.47. The molecule has 2 aromatic heterocycles. The molecule has 1 aliphatic rings. The predicted molar refractivity (Wildman–Crippen MR) is 172 cm³/mol. The van der Waals surface area contributed by atoms with Crippen molar-refractivity contribution < 1.29 is 19.0 Å². The highest BCUT2D eigenvalue weighted by Gasteiger charge is 2.34. The monoisotopic (exact) mass is 627 g/mol. The number of hydrogen-bond acceptors (Lipinski definition) is 7. The first-order chi connectivity index (χ1) is 21.3. The number of benzene rings is 3. The zero-order chi connectivity index (χ0) is 31.0. The minimum Gasteiger partial charge on any atom is -0.493 e. The Kier molecular flexibility index (Phi) is 8.16. The van der Waals surface area contributed by atoms with Crippen LogP contribution in [0.5, 0.6) is 11.5 Å². The summed E-state index contributed by atoms with van der Waals surface area (Å²) in [6.45, 7) is 4.33. The van der Waals surface area contributed by atoms with Gasteiger partial charge in [-0.1, -0.05) is 59.3 Å². The van der Waals surface area contributed by atoms with E-state index in [-0.39, 0.29) is 12.2 Å². The number of ether oxygens (including phenoxy) is 3. The van der Waals surface area contributed by atoms with Crippen molar-refractivity contribution in [3.05, 3.63) is 126 Å². The first-order valence-electron chi connectivity index (χ1n) is 14.1. The van der Waals surface area contributed by atoms with E-state index in [9.17, 15) is 9.59 Å². The van der Waals surface area contributed by atoms with Gasteiger partial charge in [0.2, 0.25) is 0 Å². The van der Waals surface area contributed by atoms with Crippen LogP contribution in [-0.4, -0.2) is 35.9 Å². The number of thiazole rings is 1. The van der Waals surface area contributed by atoms with Gasteiger partial charge in [0.1, 0.15) is 0 Å². The lowest BCUT2D eigenvalue weighted by molar-refractivity contribution is -0.139.